The first-order valence-electron chi connectivity index (χ1n) is 6.94. The lowest BCUT2D eigenvalue weighted by Crippen LogP contribution is -2.40. The number of piperidine rings is 1. The van der Waals surface area contributed by atoms with Gasteiger partial charge in [0.25, 0.3) is 0 Å². The zero-order chi connectivity index (χ0) is 13.3. The molecule has 0 bridgehead atoms. The first-order chi connectivity index (χ1) is 9.16. The van der Waals surface area contributed by atoms with E-state index in [4.69, 9.17) is 0 Å². The van der Waals surface area contributed by atoms with Gasteiger partial charge in [-0.2, -0.15) is 0 Å². The van der Waals surface area contributed by atoms with Gasteiger partial charge in [-0.3, -0.25) is 4.90 Å². The third-order valence-electron chi connectivity index (χ3n) is 4.07. The van der Waals surface area contributed by atoms with Crippen molar-refractivity contribution in [3.8, 4) is 0 Å². The molecule has 2 aliphatic rings. The van der Waals surface area contributed by atoms with E-state index < -0.39 is 5.60 Å². The molecule has 2 aliphatic heterocycles. The molecule has 2 saturated heterocycles. The summed E-state index contributed by atoms with van der Waals surface area (Å²) in [5.41, 5.74) is 0.0820. The number of β-amino-alcohol motifs (C(OH)–C–C–N with tert-alkyl or cyclic N) is 1. The smallest absolute Gasteiger partial charge is 0.110 e. The van der Waals surface area contributed by atoms with Crippen LogP contribution in [-0.2, 0) is 12.1 Å². The summed E-state index contributed by atoms with van der Waals surface area (Å²) in [5.74, 6) is 0. The Morgan fingerprint density at radius 2 is 2.26 bits per heavy atom. The fourth-order valence-corrected chi connectivity index (χ4v) is 3.77. The highest BCUT2D eigenvalue weighted by molar-refractivity contribution is 7.09. The molecule has 1 atom stereocenters. The van der Waals surface area contributed by atoms with Crippen LogP contribution in [0.15, 0.2) is 5.38 Å². The Morgan fingerprint density at radius 3 is 2.95 bits per heavy atom. The molecule has 0 aromatic carbocycles. The molecule has 3 N–H and O–H groups in total. The number of rotatable bonds is 3. The van der Waals surface area contributed by atoms with Crippen molar-refractivity contribution in [1.29, 1.82) is 0 Å². The van der Waals surface area contributed by atoms with Crippen molar-refractivity contribution in [2.45, 2.75) is 37.5 Å². The second-order valence-corrected chi connectivity index (χ2v) is 6.53. The average molecular weight is 283 g/mol. The van der Waals surface area contributed by atoms with E-state index in [9.17, 15) is 10.2 Å². The van der Waals surface area contributed by atoms with Crippen LogP contribution in [0.25, 0.3) is 0 Å². The van der Waals surface area contributed by atoms with Crippen LogP contribution in [0.5, 0.6) is 0 Å². The summed E-state index contributed by atoms with van der Waals surface area (Å²) < 4.78 is 0. The number of aliphatic hydroxyl groups excluding tert-OH is 1. The average Bonchev–Trinajstić information content (AvgIpc) is 3.01. The largest absolute Gasteiger partial charge is 0.392 e. The predicted molar refractivity (Wildman–Crippen MR) is 74.0 cm³/mol. The van der Waals surface area contributed by atoms with Crippen LogP contribution in [0, 0.1) is 0 Å². The molecule has 3 heterocycles. The molecule has 19 heavy (non-hydrogen) atoms. The number of aromatic nitrogens is 1. The van der Waals surface area contributed by atoms with Crippen molar-refractivity contribution in [3.05, 3.63) is 16.1 Å². The Bertz CT molecular complexity index is 431. The van der Waals surface area contributed by atoms with Crippen LogP contribution in [0.4, 0.5) is 0 Å². The Labute approximate surface area is 117 Å². The molecule has 3 rings (SSSR count). The van der Waals surface area contributed by atoms with Crippen LogP contribution < -0.4 is 5.32 Å². The third-order valence-corrected chi connectivity index (χ3v) is 4.90. The number of hydrogen-bond donors (Lipinski definition) is 3. The number of nitrogens with one attached hydrogen (secondary N) is 1. The molecule has 0 aliphatic carbocycles. The fourth-order valence-electron chi connectivity index (χ4n) is 2.84. The Balaban J connectivity index is 1.65. The van der Waals surface area contributed by atoms with E-state index in [0.29, 0.717) is 0 Å². The summed E-state index contributed by atoms with van der Waals surface area (Å²) in [4.78, 5) is 6.83. The van der Waals surface area contributed by atoms with Gasteiger partial charge in [0.05, 0.1) is 18.3 Å². The minimum atomic E-state index is -0.746. The topological polar surface area (TPSA) is 68.6 Å². The van der Waals surface area contributed by atoms with Crippen LogP contribution in [-0.4, -0.2) is 52.4 Å². The lowest BCUT2D eigenvalue weighted by Gasteiger charge is -2.30. The van der Waals surface area contributed by atoms with Crippen molar-refractivity contribution in [1.82, 2.24) is 15.2 Å². The summed E-state index contributed by atoms with van der Waals surface area (Å²) in [6, 6.07) is 0. The highest BCUT2D eigenvalue weighted by Gasteiger charge is 2.33. The van der Waals surface area contributed by atoms with Crippen molar-refractivity contribution >= 4 is 11.3 Å². The standard InChI is InChI=1S/C13H21N3O2S/c17-10-1-6-16(7-10)8-12-15-11(9-19-12)13(18)2-4-14-5-3-13/h9-10,14,17-18H,1-8H2/t10-/m1/s1. The van der Waals surface area contributed by atoms with Gasteiger partial charge in [-0.1, -0.05) is 0 Å². The van der Waals surface area contributed by atoms with E-state index in [1.807, 2.05) is 5.38 Å². The summed E-state index contributed by atoms with van der Waals surface area (Å²) >= 11 is 1.61. The molecule has 0 spiro atoms. The molecule has 1 aromatic heterocycles. The minimum absolute atomic E-state index is 0.187. The second-order valence-electron chi connectivity index (χ2n) is 5.59. The summed E-state index contributed by atoms with van der Waals surface area (Å²) in [7, 11) is 0. The Kier molecular flexibility index (Phi) is 3.86. The SMILES string of the molecule is O[C@@H]1CCN(Cc2nc(C3(O)CCNCC3)cs2)C1. The zero-order valence-electron chi connectivity index (χ0n) is 11.0. The molecule has 2 fully saturated rings. The number of hydrogen-bond acceptors (Lipinski definition) is 6. The van der Waals surface area contributed by atoms with Gasteiger partial charge >= 0.3 is 0 Å². The third kappa shape index (κ3) is 2.98. The van der Waals surface area contributed by atoms with Gasteiger partial charge in [-0.05, 0) is 32.4 Å². The molecule has 5 nitrogen and oxygen atoms in total. The van der Waals surface area contributed by atoms with Gasteiger partial charge in [-0.25, -0.2) is 4.98 Å². The summed E-state index contributed by atoms with van der Waals surface area (Å²) in [6.07, 6.45) is 2.14. The molecular weight excluding hydrogens is 262 g/mol. The quantitative estimate of drug-likeness (QED) is 0.743. The Hall–Kier alpha value is -0.530. The maximum absolute atomic E-state index is 10.6. The highest BCUT2D eigenvalue weighted by atomic mass is 32.1. The molecule has 0 radical (unpaired) electrons. The predicted octanol–water partition coefficient (Wildman–Crippen LogP) is 0.281. The molecule has 0 amide bonds. The van der Waals surface area contributed by atoms with Crippen molar-refractivity contribution in [2.24, 2.45) is 0 Å². The van der Waals surface area contributed by atoms with Gasteiger partial charge in [0, 0.05) is 18.5 Å². The van der Waals surface area contributed by atoms with Crippen LogP contribution in [0.1, 0.15) is 30.0 Å². The molecule has 6 heteroatoms. The van der Waals surface area contributed by atoms with Crippen molar-refractivity contribution in [3.63, 3.8) is 0 Å². The van der Waals surface area contributed by atoms with Gasteiger partial charge in [-0.15, -0.1) is 11.3 Å². The van der Waals surface area contributed by atoms with E-state index in [2.05, 4.69) is 15.2 Å². The van der Waals surface area contributed by atoms with Gasteiger partial charge < -0.3 is 15.5 Å². The van der Waals surface area contributed by atoms with Crippen molar-refractivity contribution in [2.75, 3.05) is 26.2 Å². The molecular formula is C13H21N3O2S. The number of nitrogens with zero attached hydrogens (tertiary/aromatic N) is 2. The molecule has 0 unspecified atom stereocenters. The van der Waals surface area contributed by atoms with Gasteiger partial charge in [0.1, 0.15) is 10.6 Å². The monoisotopic (exact) mass is 283 g/mol. The highest BCUT2D eigenvalue weighted by Crippen LogP contribution is 2.31. The lowest BCUT2D eigenvalue weighted by atomic mass is 9.90. The number of likely N-dealkylation sites (tertiary alicyclic amines) is 1. The van der Waals surface area contributed by atoms with E-state index in [1.54, 1.807) is 11.3 Å². The maximum atomic E-state index is 10.6. The first kappa shape index (κ1) is 13.5. The number of aliphatic hydroxyl groups is 2. The van der Waals surface area contributed by atoms with E-state index in [1.165, 1.54) is 0 Å². The zero-order valence-corrected chi connectivity index (χ0v) is 11.8. The molecule has 1 aromatic rings. The second kappa shape index (κ2) is 5.46. The first-order valence-corrected chi connectivity index (χ1v) is 7.82. The van der Waals surface area contributed by atoms with E-state index >= 15 is 0 Å². The van der Waals surface area contributed by atoms with Crippen molar-refractivity contribution < 1.29 is 10.2 Å². The fraction of sp³-hybridized carbons (Fsp3) is 0.769. The van der Waals surface area contributed by atoms with Crippen LogP contribution >= 0.6 is 11.3 Å². The summed E-state index contributed by atoms with van der Waals surface area (Å²) in [5, 5.41) is 26.4. The van der Waals surface area contributed by atoms with E-state index in [-0.39, 0.29) is 6.10 Å². The summed E-state index contributed by atoms with van der Waals surface area (Å²) in [6.45, 7) is 4.16. The Morgan fingerprint density at radius 1 is 1.47 bits per heavy atom. The van der Waals surface area contributed by atoms with Gasteiger partial charge in [0.15, 0.2) is 0 Å². The molecule has 0 saturated carbocycles. The molecule has 106 valence electrons. The maximum Gasteiger partial charge on any atom is 0.110 e. The van der Waals surface area contributed by atoms with Gasteiger partial charge in [0.2, 0.25) is 0 Å². The minimum Gasteiger partial charge on any atom is -0.392 e. The van der Waals surface area contributed by atoms with Crippen LogP contribution in [0.3, 0.4) is 0 Å². The lowest BCUT2D eigenvalue weighted by molar-refractivity contribution is 0.00223. The number of thiazole rings is 1. The normalized spacial score (nSPS) is 27.8. The van der Waals surface area contributed by atoms with Crippen LogP contribution in [0.2, 0.25) is 0 Å². The van der Waals surface area contributed by atoms with E-state index in [0.717, 1.165) is 62.7 Å².